The molecule has 1 heterocycles. The van der Waals surface area contributed by atoms with E-state index in [9.17, 15) is 18.0 Å². The smallest absolute Gasteiger partial charge is 0.301 e. The lowest BCUT2D eigenvalue weighted by molar-refractivity contribution is 0.101. The van der Waals surface area contributed by atoms with Gasteiger partial charge >= 0.3 is 10.2 Å². The normalized spacial score (nSPS) is 14.6. The highest BCUT2D eigenvalue weighted by molar-refractivity contribution is 7.91. The van der Waals surface area contributed by atoms with Gasteiger partial charge in [-0.3, -0.25) is 13.9 Å². The topological polar surface area (TPSA) is 108 Å². The number of aryl methyl sites for hydroxylation is 2. The van der Waals surface area contributed by atoms with Crippen LogP contribution >= 0.6 is 11.6 Å². The Bertz CT molecular complexity index is 1390. The van der Waals surface area contributed by atoms with Gasteiger partial charge in [0.2, 0.25) is 0 Å². The number of carbonyl (C=O) groups excluding carboxylic acids is 2. The Morgan fingerprint density at radius 3 is 2.41 bits per heavy atom. The Kier molecular flexibility index (Phi) is 6.60. The third kappa shape index (κ3) is 5.06. The van der Waals surface area contributed by atoms with E-state index in [1.807, 2.05) is 6.92 Å². The number of halogens is 1. The summed E-state index contributed by atoms with van der Waals surface area (Å²) in [5, 5.41) is 6.15. The van der Waals surface area contributed by atoms with Gasteiger partial charge in [0.05, 0.1) is 5.69 Å². The summed E-state index contributed by atoms with van der Waals surface area (Å²) in [6, 6.07) is 16.7. The Hall–Kier alpha value is -3.40. The van der Waals surface area contributed by atoms with Crippen molar-refractivity contribution in [2.75, 3.05) is 28.0 Å². The predicted octanol–water partition coefficient (Wildman–Crippen LogP) is 4.12. The van der Waals surface area contributed by atoms with E-state index in [0.29, 0.717) is 51.9 Å². The highest BCUT2D eigenvalue weighted by Gasteiger charge is 2.28. The molecule has 1 saturated heterocycles. The molecule has 4 rings (SSSR count). The lowest BCUT2D eigenvalue weighted by Crippen LogP contribution is -2.29. The number of hydrogen-bond acceptors (Lipinski definition) is 4. The first-order chi connectivity index (χ1) is 16.1. The van der Waals surface area contributed by atoms with Crippen LogP contribution in [0.15, 0.2) is 60.7 Å². The molecule has 1 aliphatic heterocycles. The molecule has 0 unspecified atom stereocenters. The van der Waals surface area contributed by atoms with Gasteiger partial charge in [0, 0.05) is 40.6 Å². The summed E-state index contributed by atoms with van der Waals surface area (Å²) in [5.74, 6) is -0.658. The molecule has 2 amide bonds. The average Bonchev–Trinajstić information content (AvgIpc) is 3.14. The minimum Gasteiger partial charge on any atom is -0.322 e. The predicted molar refractivity (Wildman–Crippen MR) is 134 cm³/mol. The molecule has 0 aliphatic carbocycles. The van der Waals surface area contributed by atoms with Gasteiger partial charge < -0.3 is 10.6 Å². The summed E-state index contributed by atoms with van der Waals surface area (Å²) in [6.45, 7) is 4.28. The molecule has 0 aromatic heterocycles. The number of anilines is 3. The number of nitrogens with zero attached hydrogens (tertiary/aromatic N) is 1. The zero-order valence-electron chi connectivity index (χ0n) is 18.6. The van der Waals surface area contributed by atoms with Crippen LogP contribution in [0.1, 0.15) is 31.8 Å². The van der Waals surface area contributed by atoms with Crippen LogP contribution in [0.4, 0.5) is 17.1 Å². The molecule has 0 saturated carbocycles. The van der Waals surface area contributed by atoms with Crippen LogP contribution in [0.5, 0.6) is 0 Å². The van der Waals surface area contributed by atoms with Crippen molar-refractivity contribution in [2.45, 2.75) is 13.8 Å². The first kappa shape index (κ1) is 23.7. The molecule has 0 atom stereocenters. The van der Waals surface area contributed by atoms with Crippen LogP contribution < -0.4 is 19.7 Å². The van der Waals surface area contributed by atoms with E-state index in [1.54, 1.807) is 67.6 Å². The quantitative estimate of drug-likeness (QED) is 0.492. The second kappa shape index (κ2) is 9.46. The van der Waals surface area contributed by atoms with Crippen molar-refractivity contribution < 1.29 is 18.0 Å². The van der Waals surface area contributed by atoms with Gasteiger partial charge in [-0.2, -0.15) is 13.1 Å². The molecular weight excluding hydrogens is 476 g/mol. The van der Waals surface area contributed by atoms with Crippen molar-refractivity contribution in [3.8, 4) is 0 Å². The van der Waals surface area contributed by atoms with E-state index in [1.165, 1.54) is 4.31 Å². The number of nitrogens with one attached hydrogen (secondary N) is 3. The van der Waals surface area contributed by atoms with Crippen molar-refractivity contribution in [1.29, 1.82) is 0 Å². The standard InChI is InChI=1S/C24H23ClN4O4S/c1-15-6-7-19(14-22(15)28-23(30)17-4-3-5-18(25)13-17)27-24(31)21-9-8-20(12-16(21)2)29-11-10-26-34(29,32)33/h3-9,12-14,26H,10-11H2,1-2H3,(H,27,31)(H,28,30). The Morgan fingerprint density at radius 2 is 1.74 bits per heavy atom. The lowest BCUT2D eigenvalue weighted by atomic mass is 10.1. The maximum Gasteiger partial charge on any atom is 0.301 e. The monoisotopic (exact) mass is 498 g/mol. The first-order valence-corrected chi connectivity index (χ1v) is 12.3. The number of benzene rings is 3. The second-order valence-electron chi connectivity index (χ2n) is 7.92. The molecule has 3 aromatic carbocycles. The van der Waals surface area contributed by atoms with Crippen LogP contribution in [0, 0.1) is 13.8 Å². The number of carbonyl (C=O) groups is 2. The summed E-state index contributed by atoms with van der Waals surface area (Å²) in [6.07, 6.45) is 0. The SMILES string of the molecule is Cc1ccc(NC(=O)c2ccc(N3CCNS3(=O)=O)cc2C)cc1NC(=O)c1cccc(Cl)c1. The fourth-order valence-electron chi connectivity index (χ4n) is 3.66. The minimum atomic E-state index is -3.54. The van der Waals surface area contributed by atoms with Gasteiger partial charge in [0.1, 0.15) is 0 Å². The van der Waals surface area contributed by atoms with Crippen LogP contribution in [0.3, 0.4) is 0 Å². The van der Waals surface area contributed by atoms with Crippen molar-refractivity contribution in [3.63, 3.8) is 0 Å². The van der Waals surface area contributed by atoms with Crippen LogP contribution in [0.25, 0.3) is 0 Å². The summed E-state index contributed by atoms with van der Waals surface area (Å²) in [4.78, 5) is 25.5. The summed E-state index contributed by atoms with van der Waals surface area (Å²) in [5.41, 5.74) is 3.87. The van der Waals surface area contributed by atoms with E-state index >= 15 is 0 Å². The molecule has 3 N–H and O–H groups in total. The number of amides is 2. The zero-order chi connectivity index (χ0) is 24.5. The second-order valence-corrected chi connectivity index (χ2v) is 10.0. The first-order valence-electron chi connectivity index (χ1n) is 10.5. The van der Waals surface area contributed by atoms with Crippen LogP contribution in [0.2, 0.25) is 5.02 Å². The van der Waals surface area contributed by atoms with Crippen molar-refractivity contribution >= 4 is 50.7 Å². The van der Waals surface area contributed by atoms with Crippen molar-refractivity contribution in [2.24, 2.45) is 0 Å². The Balaban J connectivity index is 1.51. The molecule has 10 heteroatoms. The molecule has 8 nitrogen and oxygen atoms in total. The largest absolute Gasteiger partial charge is 0.322 e. The van der Waals surface area contributed by atoms with Crippen molar-refractivity contribution in [1.82, 2.24) is 4.72 Å². The van der Waals surface area contributed by atoms with Crippen LogP contribution in [-0.2, 0) is 10.2 Å². The van der Waals surface area contributed by atoms with E-state index in [0.717, 1.165) is 5.56 Å². The average molecular weight is 499 g/mol. The molecule has 34 heavy (non-hydrogen) atoms. The summed E-state index contributed by atoms with van der Waals surface area (Å²) in [7, 11) is -3.54. The summed E-state index contributed by atoms with van der Waals surface area (Å²) < 4.78 is 27.9. The highest BCUT2D eigenvalue weighted by atomic mass is 35.5. The van der Waals surface area contributed by atoms with Crippen molar-refractivity contribution in [3.05, 3.63) is 87.9 Å². The fourth-order valence-corrected chi connectivity index (χ4v) is 5.08. The molecule has 1 aliphatic rings. The van der Waals surface area contributed by atoms with E-state index < -0.39 is 10.2 Å². The number of rotatable bonds is 5. The third-order valence-corrected chi connectivity index (χ3v) is 7.24. The molecule has 3 aromatic rings. The zero-order valence-corrected chi connectivity index (χ0v) is 20.1. The summed E-state index contributed by atoms with van der Waals surface area (Å²) >= 11 is 5.97. The molecule has 0 spiro atoms. The highest BCUT2D eigenvalue weighted by Crippen LogP contribution is 2.25. The number of hydrogen-bond donors (Lipinski definition) is 3. The Labute approximate surface area is 203 Å². The molecular formula is C24H23ClN4O4S. The molecule has 1 fully saturated rings. The fraction of sp³-hybridized carbons (Fsp3) is 0.167. The maximum atomic E-state index is 12.9. The van der Waals surface area contributed by atoms with E-state index in [2.05, 4.69) is 15.4 Å². The molecule has 0 bridgehead atoms. The van der Waals surface area contributed by atoms with Gasteiger partial charge in [-0.05, 0) is 73.5 Å². The minimum absolute atomic E-state index is 0.313. The van der Waals surface area contributed by atoms with Gasteiger partial charge in [0.25, 0.3) is 11.8 Å². The van der Waals surface area contributed by atoms with E-state index in [4.69, 9.17) is 11.6 Å². The molecule has 0 radical (unpaired) electrons. The molecule has 176 valence electrons. The van der Waals surface area contributed by atoms with E-state index in [-0.39, 0.29) is 11.8 Å². The van der Waals surface area contributed by atoms with Gasteiger partial charge in [0.15, 0.2) is 0 Å². The lowest BCUT2D eigenvalue weighted by Gasteiger charge is -2.17. The van der Waals surface area contributed by atoms with Gasteiger partial charge in [-0.1, -0.05) is 23.7 Å². The van der Waals surface area contributed by atoms with Gasteiger partial charge in [-0.15, -0.1) is 0 Å². The maximum absolute atomic E-state index is 12.9. The van der Waals surface area contributed by atoms with Crippen LogP contribution in [-0.4, -0.2) is 33.3 Å². The Morgan fingerprint density at radius 1 is 0.941 bits per heavy atom. The third-order valence-electron chi connectivity index (χ3n) is 5.46. The van der Waals surface area contributed by atoms with Gasteiger partial charge in [-0.25, -0.2) is 0 Å².